The van der Waals surface area contributed by atoms with E-state index in [1.165, 1.54) is 5.69 Å². The number of hydrogen-bond donors (Lipinski definition) is 1. The molecule has 1 saturated heterocycles. The summed E-state index contributed by atoms with van der Waals surface area (Å²) in [4.78, 5) is 0.363. The fourth-order valence-corrected chi connectivity index (χ4v) is 6.46. The van der Waals surface area contributed by atoms with Crippen molar-refractivity contribution in [3.05, 3.63) is 72.1 Å². The van der Waals surface area contributed by atoms with E-state index < -0.39 is 10.0 Å². The van der Waals surface area contributed by atoms with Crippen molar-refractivity contribution in [3.8, 4) is 11.4 Å². The van der Waals surface area contributed by atoms with E-state index >= 15 is 0 Å². The smallest absolute Gasteiger partial charge is 0.243 e. The van der Waals surface area contributed by atoms with Gasteiger partial charge < -0.3 is 14.6 Å². The molecular formula is C26H31N3O3S. The highest BCUT2D eigenvalue weighted by Crippen LogP contribution is 2.45. The van der Waals surface area contributed by atoms with Crippen LogP contribution >= 0.6 is 0 Å². The summed E-state index contributed by atoms with van der Waals surface area (Å²) < 4.78 is 36.0. The lowest BCUT2D eigenvalue weighted by Crippen LogP contribution is -2.50. The Kier molecular flexibility index (Phi) is 5.10. The Labute approximate surface area is 196 Å². The van der Waals surface area contributed by atoms with E-state index in [0.29, 0.717) is 30.8 Å². The standard InChI is InChI=1S/C26H31N3O3S/c1-25(2,3)19-7-10-21(11-8-19)33(30,31)28-16-13-26(14-17-28)24-6-5-15-29(24)23-12-9-20(32-4)18-22(23)27-26/h5-12,15,18,27H,13-14,16-17H2,1-4H3. The molecule has 0 atom stereocenters. The first kappa shape index (κ1) is 22.0. The Morgan fingerprint density at radius 1 is 1.00 bits per heavy atom. The van der Waals surface area contributed by atoms with Gasteiger partial charge in [0, 0.05) is 31.0 Å². The molecule has 0 unspecified atom stereocenters. The molecule has 5 rings (SSSR count). The van der Waals surface area contributed by atoms with Crippen molar-refractivity contribution in [2.75, 3.05) is 25.5 Å². The Hall–Kier alpha value is -2.77. The summed E-state index contributed by atoms with van der Waals surface area (Å²) in [5.74, 6) is 0.797. The minimum absolute atomic E-state index is 0.0136. The van der Waals surface area contributed by atoms with Crippen LogP contribution in [0.4, 0.5) is 5.69 Å². The average molecular weight is 466 g/mol. The second-order valence-corrected chi connectivity index (χ2v) is 12.0. The molecule has 1 fully saturated rings. The summed E-state index contributed by atoms with van der Waals surface area (Å²) in [5.41, 5.74) is 4.06. The number of methoxy groups -OCH3 is 1. The maximum absolute atomic E-state index is 13.4. The van der Waals surface area contributed by atoms with Crippen LogP contribution in [0.1, 0.15) is 44.9 Å². The van der Waals surface area contributed by atoms with Crippen LogP contribution in [0, 0.1) is 0 Å². The van der Waals surface area contributed by atoms with Crippen molar-refractivity contribution in [1.29, 1.82) is 0 Å². The molecule has 3 heterocycles. The number of sulfonamides is 1. The lowest BCUT2D eigenvalue weighted by atomic mass is 9.83. The van der Waals surface area contributed by atoms with Gasteiger partial charge >= 0.3 is 0 Å². The maximum Gasteiger partial charge on any atom is 0.243 e. The van der Waals surface area contributed by atoms with Gasteiger partial charge in [-0.05, 0) is 60.2 Å². The van der Waals surface area contributed by atoms with Crippen LogP contribution in [0.25, 0.3) is 5.69 Å². The number of hydrogen-bond acceptors (Lipinski definition) is 4. The molecule has 0 bridgehead atoms. The molecule has 174 valence electrons. The van der Waals surface area contributed by atoms with Crippen LogP contribution in [0.2, 0.25) is 0 Å². The molecule has 0 amide bonds. The molecule has 1 aromatic heterocycles. The van der Waals surface area contributed by atoms with E-state index in [4.69, 9.17) is 4.74 Å². The van der Waals surface area contributed by atoms with E-state index in [9.17, 15) is 8.42 Å². The largest absolute Gasteiger partial charge is 0.497 e. The fraction of sp³-hybridized carbons (Fsp3) is 0.385. The van der Waals surface area contributed by atoms with Crippen molar-refractivity contribution >= 4 is 15.7 Å². The Morgan fingerprint density at radius 3 is 2.33 bits per heavy atom. The first-order chi connectivity index (χ1) is 15.6. The van der Waals surface area contributed by atoms with E-state index in [1.807, 2.05) is 24.3 Å². The van der Waals surface area contributed by atoms with Gasteiger partial charge in [-0.2, -0.15) is 4.31 Å². The second kappa shape index (κ2) is 7.64. The number of rotatable bonds is 3. The van der Waals surface area contributed by atoms with Gasteiger partial charge in [-0.1, -0.05) is 32.9 Å². The molecule has 0 radical (unpaired) electrons. The third-order valence-corrected chi connectivity index (χ3v) is 8.92. The molecular weight excluding hydrogens is 434 g/mol. The third kappa shape index (κ3) is 3.63. The van der Waals surface area contributed by atoms with Crippen LogP contribution in [0.3, 0.4) is 0 Å². The summed E-state index contributed by atoms with van der Waals surface area (Å²) in [6, 6.07) is 17.6. The summed E-state index contributed by atoms with van der Waals surface area (Å²) in [5, 5.41) is 3.74. The van der Waals surface area contributed by atoms with Crippen molar-refractivity contribution in [1.82, 2.24) is 8.87 Å². The highest BCUT2D eigenvalue weighted by molar-refractivity contribution is 7.89. The quantitative estimate of drug-likeness (QED) is 0.598. The number of anilines is 1. The molecule has 2 aromatic carbocycles. The molecule has 7 heteroatoms. The number of fused-ring (bicyclic) bond motifs is 4. The molecule has 1 N–H and O–H groups in total. The molecule has 0 saturated carbocycles. The number of ether oxygens (including phenoxy) is 1. The first-order valence-corrected chi connectivity index (χ1v) is 12.8. The summed E-state index contributed by atoms with van der Waals surface area (Å²) in [6.07, 6.45) is 3.45. The Bertz CT molecular complexity index is 1280. The van der Waals surface area contributed by atoms with Gasteiger partial charge in [0.25, 0.3) is 0 Å². The highest BCUT2D eigenvalue weighted by atomic mass is 32.2. The Balaban J connectivity index is 1.40. The highest BCUT2D eigenvalue weighted by Gasteiger charge is 2.44. The summed E-state index contributed by atoms with van der Waals surface area (Å²) in [6.45, 7) is 7.30. The normalized spacial score (nSPS) is 17.8. The van der Waals surface area contributed by atoms with Crippen LogP contribution in [-0.4, -0.2) is 37.5 Å². The maximum atomic E-state index is 13.4. The fourth-order valence-electron chi connectivity index (χ4n) is 5.02. The van der Waals surface area contributed by atoms with E-state index in [-0.39, 0.29) is 11.0 Å². The van der Waals surface area contributed by atoms with Gasteiger partial charge in [0.1, 0.15) is 5.75 Å². The van der Waals surface area contributed by atoms with Crippen LogP contribution in [-0.2, 0) is 21.0 Å². The lowest BCUT2D eigenvalue weighted by Gasteiger charge is -2.46. The zero-order valence-corrected chi connectivity index (χ0v) is 20.4. The SMILES string of the molecule is COc1ccc2c(c1)NC1(CCN(S(=O)(=O)c3ccc(C(C)(C)C)cc3)CC1)c1cccn1-2. The van der Waals surface area contributed by atoms with E-state index in [2.05, 4.69) is 55.1 Å². The van der Waals surface area contributed by atoms with Gasteiger partial charge in [-0.25, -0.2) is 8.42 Å². The Morgan fingerprint density at radius 2 is 1.70 bits per heavy atom. The molecule has 2 aliphatic rings. The molecule has 1 spiro atoms. The third-order valence-electron chi connectivity index (χ3n) is 7.01. The second-order valence-electron chi connectivity index (χ2n) is 10.0. The van der Waals surface area contributed by atoms with Crippen molar-refractivity contribution in [2.45, 2.75) is 49.5 Å². The molecule has 2 aliphatic heterocycles. The molecule has 6 nitrogen and oxygen atoms in total. The minimum Gasteiger partial charge on any atom is -0.497 e. The van der Waals surface area contributed by atoms with Gasteiger partial charge in [-0.15, -0.1) is 0 Å². The zero-order chi connectivity index (χ0) is 23.4. The van der Waals surface area contributed by atoms with Gasteiger partial charge in [-0.3, -0.25) is 0 Å². The van der Waals surface area contributed by atoms with Crippen LogP contribution in [0.15, 0.2) is 65.7 Å². The van der Waals surface area contributed by atoms with Crippen molar-refractivity contribution in [3.63, 3.8) is 0 Å². The number of nitrogens with zero attached hydrogens (tertiary/aromatic N) is 2. The van der Waals surface area contributed by atoms with Gasteiger partial charge in [0.05, 0.1) is 28.9 Å². The number of piperidine rings is 1. The number of nitrogens with one attached hydrogen (secondary N) is 1. The van der Waals surface area contributed by atoms with Crippen molar-refractivity contribution in [2.24, 2.45) is 0 Å². The van der Waals surface area contributed by atoms with Crippen molar-refractivity contribution < 1.29 is 13.2 Å². The predicted octanol–water partition coefficient (Wildman–Crippen LogP) is 4.89. The van der Waals surface area contributed by atoms with E-state index in [1.54, 1.807) is 23.5 Å². The first-order valence-electron chi connectivity index (χ1n) is 11.4. The van der Waals surface area contributed by atoms with Crippen LogP contribution < -0.4 is 10.1 Å². The summed E-state index contributed by atoms with van der Waals surface area (Å²) in [7, 11) is -1.87. The lowest BCUT2D eigenvalue weighted by molar-refractivity contribution is 0.247. The van der Waals surface area contributed by atoms with Crippen LogP contribution in [0.5, 0.6) is 5.75 Å². The average Bonchev–Trinajstić information content (AvgIpc) is 3.30. The molecule has 0 aliphatic carbocycles. The predicted molar refractivity (Wildman–Crippen MR) is 131 cm³/mol. The van der Waals surface area contributed by atoms with E-state index in [0.717, 1.165) is 22.7 Å². The molecule has 3 aromatic rings. The minimum atomic E-state index is -3.54. The summed E-state index contributed by atoms with van der Waals surface area (Å²) >= 11 is 0. The number of aromatic nitrogens is 1. The van der Waals surface area contributed by atoms with Gasteiger partial charge in [0.15, 0.2) is 0 Å². The van der Waals surface area contributed by atoms with Gasteiger partial charge in [0.2, 0.25) is 10.0 Å². The monoisotopic (exact) mass is 465 g/mol. The molecule has 33 heavy (non-hydrogen) atoms. The zero-order valence-electron chi connectivity index (χ0n) is 19.6. The number of benzene rings is 2. The topological polar surface area (TPSA) is 63.6 Å².